The van der Waals surface area contributed by atoms with Crippen molar-refractivity contribution >= 4 is 39.1 Å². The number of nitrogens with one attached hydrogen (secondary N) is 3. The molecule has 4 rings (SSSR count). The molecule has 7 nitrogen and oxygen atoms in total. The van der Waals surface area contributed by atoms with Crippen LogP contribution >= 0.6 is 0 Å². The fourth-order valence-electron chi connectivity index (χ4n) is 2.92. The molecule has 0 fully saturated rings. The van der Waals surface area contributed by atoms with Crippen molar-refractivity contribution in [3.05, 3.63) is 48.3 Å². The minimum absolute atomic E-state index is 0.563. The van der Waals surface area contributed by atoms with E-state index < -0.39 is 0 Å². The number of hydrogen-bond donors (Lipinski definition) is 3. The number of H-pyrrole nitrogens is 1. The van der Waals surface area contributed by atoms with Crippen molar-refractivity contribution in [1.82, 2.24) is 20.2 Å². The van der Waals surface area contributed by atoms with Crippen LogP contribution in [0.25, 0.3) is 21.8 Å². The Bertz CT molecular complexity index is 1060. The molecule has 2 heterocycles. The lowest BCUT2D eigenvalue weighted by atomic mass is 10.1. The van der Waals surface area contributed by atoms with E-state index >= 15 is 0 Å². The molecule has 0 aliphatic heterocycles. The van der Waals surface area contributed by atoms with Gasteiger partial charge in [0.2, 0.25) is 5.95 Å². The van der Waals surface area contributed by atoms with Crippen LogP contribution in [0, 0.1) is 6.92 Å². The molecule has 0 amide bonds. The highest BCUT2D eigenvalue weighted by atomic mass is 16.5. The molecular weight excluding hydrogens is 328 g/mol. The molecule has 0 aliphatic rings. The van der Waals surface area contributed by atoms with Gasteiger partial charge in [0.05, 0.1) is 23.8 Å². The van der Waals surface area contributed by atoms with Crippen molar-refractivity contribution in [2.24, 2.45) is 0 Å². The van der Waals surface area contributed by atoms with Crippen molar-refractivity contribution in [3.63, 3.8) is 0 Å². The van der Waals surface area contributed by atoms with Gasteiger partial charge in [-0.15, -0.1) is 0 Å². The maximum atomic E-state index is 5.10. The van der Waals surface area contributed by atoms with Gasteiger partial charge in [0.1, 0.15) is 0 Å². The predicted molar refractivity (Wildman–Crippen MR) is 104 cm³/mol. The van der Waals surface area contributed by atoms with E-state index in [1.165, 1.54) is 0 Å². The number of nitrogens with zero attached hydrogens (tertiary/aromatic N) is 3. The van der Waals surface area contributed by atoms with Crippen LogP contribution in [0.3, 0.4) is 0 Å². The zero-order chi connectivity index (χ0) is 17.9. The maximum Gasteiger partial charge on any atom is 0.227 e. The molecular formula is C19H20N6O. The molecule has 0 saturated heterocycles. The normalized spacial score (nSPS) is 11.2. The third-order valence-corrected chi connectivity index (χ3v) is 4.33. The van der Waals surface area contributed by atoms with E-state index in [0.29, 0.717) is 12.6 Å². The van der Waals surface area contributed by atoms with Crippen molar-refractivity contribution < 1.29 is 4.74 Å². The summed E-state index contributed by atoms with van der Waals surface area (Å²) in [5, 5.41) is 15.7. The fourth-order valence-corrected chi connectivity index (χ4v) is 2.92. The topological polar surface area (TPSA) is 87.8 Å². The van der Waals surface area contributed by atoms with E-state index in [-0.39, 0.29) is 0 Å². The van der Waals surface area contributed by atoms with Crippen LogP contribution < -0.4 is 10.6 Å². The Morgan fingerprint density at radius 2 is 2.00 bits per heavy atom. The SMILES string of the molecule is COCCNc1ccc2cnc(Nc3ccc4cn[nH]c4c3)nc2c1C. The molecule has 26 heavy (non-hydrogen) atoms. The molecule has 0 atom stereocenters. The fraction of sp³-hybridized carbons (Fsp3) is 0.211. The van der Waals surface area contributed by atoms with Crippen molar-refractivity contribution in [2.45, 2.75) is 6.92 Å². The van der Waals surface area contributed by atoms with Crippen LogP contribution in [0.4, 0.5) is 17.3 Å². The summed E-state index contributed by atoms with van der Waals surface area (Å²) in [6, 6.07) is 10.1. The lowest BCUT2D eigenvalue weighted by Gasteiger charge is -2.12. The second-order valence-corrected chi connectivity index (χ2v) is 6.09. The molecule has 2 aromatic heterocycles. The quantitative estimate of drug-likeness (QED) is 0.461. The van der Waals surface area contributed by atoms with Gasteiger partial charge in [0.25, 0.3) is 0 Å². The van der Waals surface area contributed by atoms with Crippen molar-refractivity contribution in [1.29, 1.82) is 0 Å². The summed E-state index contributed by atoms with van der Waals surface area (Å²) in [5.41, 5.74) is 4.95. The first kappa shape index (κ1) is 16.3. The van der Waals surface area contributed by atoms with E-state index in [1.54, 1.807) is 13.3 Å². The van der Waals surface area contributed by atoms with Gasteiger partial charge in [-0.1, -0.05) is 0 Å². The van der Waals surface area contributed by atoms with E-state index in [4.69, 9.17) is 9.72 Å². The van der Waals surface area contributed by atoms with Crippen LogP contribution in [0.2, 0.25) is 0 Å². The number of ether oxygens (including phenoxy) is 1. The average molecular weight is 348 g/mol. The molecule has 0 aliphatic carbocycles. The Kier molecular flexibility index (Phi) is 4.37. The molecule has 0 radical (unpaired) electrons. The number of methoxy groups -OCH3 is 1. The van der Waals surface area contributed by atoms with Crippen LogP contribution in [0.5, 0.6) is 0 Å². The highest BCUT2D eigenvalue weighted by Gasteiger charge is 2.08. The number of anilines is 3. The first-order valence-corrected chi connectivity index (χ1v) is 8.44. The summed E-state index contributed by atoms with van der Waals surface area (Å²) in [6.07, 6.45) is 3.64. The summed E-state index contributed by atoms with van der Waals surface area (Å²) in [4.78, 5) is 9.13. The summed E-state index contributed by atoms with van der Waals surface area (Å²) < 4.78 is 5.10. The molecule has 4 aromatic rings. The minimum Gasteiger partial charge on any atom is -0.383 e. The lowest BCUT2D eigenvalue weighted by Crippen LogP contribution is -2.09. The van der Waals surface area contributed by atoms with E-state index in [1.807, 2.05) is 30.5 Å². The Morgan fingerprint density at radius 3 is 2.88 bits per heavy atom. The third kappa shape index (κ3) is 3.16. The smallest absolute Gasteiger partial charge is 0.227 e. The van der Waals surface area contributed by atoms with Crippen LogP contribution in [-0.4, -0.2) is 40.4 Å². The standard InChI is InChI=1S/C19H20N6O/c1-12-16(20-7-8-26-2)6-4-14-10-21-19(24-18(12)14)23-15-5-3-13-11-22-25-17(13)9-15/h3-6,9-11,20H,7-8H2,1-2H3,(H,22,25)(H,21,23,24). The summed E-state index contributed by atoms with van der Waals surface area (Å²) >= 11 is 0. The Morgan fingerprint density at radius 1 is 1.12 bits per heavy atom. The van der Waals surface area contributed by atoms with Crippen molar-refractivity contribution in [3.8, 4) is 0 Å². The Hall–Kier alpha value is -3.19. The highest BCUT2D eigenvalue weighted by molar-refractivity contribution is 5.87. The number of hydrogen-bond acceptors (Lipinski definition) is 6. The molecule has 0 spiro atoms. The van der Waals surface area contributed by atoms with Gasteiger partial charge in [-0.2, -0.15) is 5.10 Å². The number of aromatic nitrogens is 4. The monoisotopic (exact) mass is 348 g/mol. The van der Waals surface area contributed by atoms with E-state index in [2.05, 4.69) is 38.8 Å². The van der Waals surface area contributed by atoms with Gasteiger partial charge < -0.3 is 15.4 Å². The first-order chi connectivity index (χ1) is 12.7. The minimum atomic E-state index is 0.563. The Balaban J connectivity index is 1.63. The lowest BCUT2D eigenvalue weighted by molar-refractivity contribution is 0.211. The zero-order valence-corrected chi connectivity index (χ0v) is 14.7. The van der Waals surface area contributed by atoms with E-state index in [9.17, 15) is 0 Å². The molecule has 2 aromatic carbocycles. The molecule has 132 valence electrons. The summed E-state index contributed by atoms with van der Waals surface area (Å²) in [6.45, 7) is 3.47. The number of aromatic amines is 1. The van der Waals surface area contributed by atoms with Gasteiger partial charge in [-0.25, -0.2) is 9.97 Å². The number of rotatable bonds is 6. The number of fused-ring (bicyclic) bond motifs is 2. The zero-order valence-electron chi connectivity index (χ0n) is 14.7. The maximum absolute atomic E-state index is 5.10. The first-order valence-electron chi connectivity index (χ1n) is 8.44. The average Bonchev–Trinajstić information content (AvgIpc) is 3.12. The molecule has 0 unspecified atom stereocenters. The third-order valence-electron chi connectivity index (χ3n) is 4.33. The van der Waals surface area contributed by atoms with Gasteiger partial charge in [0.15, 0.2) is 0 Å². The van der Waals surface area contributed by atoms with Crippen LogP contribution in [-0.2, 0) is 4.74 Å². The summed E-state index contributed by atoms with van der Waals surface area (Å²) in [7, 11) is 1.70. The van der Waals surface area contributed by atoms with Crippen LogP contribution in [0.1, 0.15) is 5.56 Å². The number of benzene rings is 2. The molecule has 3 N–H and O–H groups in total. The Labute approximate surface area is 150 Å². The van der Waals surface area contributed by atoms with Gasteiger partial charge >= 0.3 is 0 Å². The van der Waals surface area contributed by atoms with Gasteiger partial charge in [-0.05, 0) is 42.8 Å². The van der Waals surface area contributed by atoms with Gasteiger partial charge in [0, 0.05) is 42.0 Å². The van der Waals surface area contributed by atoms with E-state index in [0.717, 1.165) is 45.3 Å². The number of aryl methyl sites for hydroxylation is 1. The second-order valence-electron chi connectivity index (χ2n) is 6.09. The highest BCUT2D eigenvalue weighted by Crippen LogP contribution is 2.25. The summed E-state index contributed by atoms with van der Waals surface area (Å²) in [5.74, 6) is 0.563. The second kappa shape index (κ2) is 6.97. The van der Waals surface area contributed by atoms with Crippen molar-refractivity contribution in [2.75, 3.05) is 30.9 Å². The molecule has 0 saturated carbocycles. The predicted octanol–water partition coefficient (Wildman–Crippen LogP) is 3.62. The van der Waals surface area contributed by atoms with Gasteiger partial charge in [-0.3, -0.25) is 5.10 Å². The molecule has 7 heteroatoms. The van der Waals surface area contributed by atoms with Crippen LogP contribution in [0.15, 0.2) is 42.7 Å². The molecule has 0 bridgehead atoms. The largest absolute Gasteiger partial charge is 0.383 e.